The first-order valence-electron chi connectivity index (χ1n) is 8.66. The van der Waals surface area contributed by atoms with Gasteiger partial charge in [-0.3, -0.25) is 10.9 Å². The van der Waals surface area contributed by atoms with E-state index in [9.17, 15) is 4.79 Å². The highest BCUT2D eigenvalue weighted by atomic mass is 16.6. The van der Waals surface area contributed by atoms with Crippen LogP contribution in [0.1, 0.15) is 46.0 Å². The molecule has 22 heavy (non-hydrogen) atoms. The number of nitrogens with one attached hydrogen (secondary N) is 3. The molecular weight excluding hydrogens is 280 g/mol. The van der Waals surface area contributed by atoms with Crippen molar-refractivity contribution in [2.24, 2.45) is 5.41 Å². The van der Waals surface area contributed by atoms with Crippen LogP contribution >= 0.6 is 0 Å². The van der Waals surface area contributed by atoms with Gasteiger partial charge in [0.25, 0.3) is 0 Å². The van der Waals surface area contributed by atoms with Crippen molar-refractivity contribution in [3.05, 3.63) is 0 Å². The van der Waals surface area contributed by atoms with Gasteiger partial charge in [0.15, 0.2) is 0 Å². The van der Waals surface area contributed by atoms with Crippen molar-refractivity contribution in [2.75, 3.05) is 33.3 Å². The van der Waals surface area contributed by atoms with Crippen LogP contribution in [0.4, 0.5) is 4.79 Å². The van der Waals surface area contributed by atoms with E-state index in [1.165, 1.54) is 25.7 Å². The van der Waals surface area contributed by atoms with Crippen LogP contribution in [0.15, 0.2) is 0 Å². The molecular formula is C16H32N4O2. The third-order valence-electron chi connectivity index (χ3n) is 4.96. The van der Waals surface area contributed by atoms with Crippen molar-refractivity contribution in [3.8, 4) is 0 Å². The Bertz CT molecular complexity index is 358. The van der Waals surface area contributed by atoms with Gasteiger partial charge in [-0.25, -0.2) is 4.79 Å². The Balaban J connectivity index is 1.57. The number of carbonyl (C=O) groups excluding carboxylic acids is 1. The quantitative estimate of drug-likeness (QED) is 0.468. The predicted octanol–water partition coefficient (Wildman–Crippen LogP) is 1.48. The molecule has 1 atom stereocenters. The van der Waals surface area contributed by atoms with E-state index in [1.807, 2.05) is 18.9 Å². The zero-order chi connectivity index (χ0) is 16.0. The van der Waals surface area contributed by atoms with Gasteiger partial charge in [-0.15, -0.1) is 0 Å². The van der Waals surface area contributed by atoms with Crippen LogP contribution in [-0.4, -0.2) is 56.4 Å². The van der Waals surface area contributed by atoms with E-state index in [1.54, 1.807) is 0 Å². The first kappa shape index (κ1) is 17.5. The van der Waals surface area contributed by atoms with E-state index < -0.39 is 0 Å². The van der Waals surface area contributed by atoms with Gasteiger partial charge in [0.05, 0.1) is 6.61 Å². The Morgan fingerprint density at radius 1 is 1.45 bits per heavy atom. The largest absolute Gasteiger partial charge is 0.450 e. The van der Waals surface area contributed by atoms with Crippen molar-refractivity contribution >= 4 is 6.09 Å². The number of likely N-dealkylation sites (tertiary alicyclic amines) is 1. The number of carbonyl (C=O) groups is 1. The summed E-state index contributed by atoms with van der Waals surface area (Å²) in [6.07, 6.45) is 5.76. The monoisotopic (exact) mass is 312 g/mol. The Labute approximate surface area is 134 Å². The highest BCUT2D eigenvalue weighted by Crippen LogP contribution is 2.48. The SMILES string of the molecule is CCOC(=O)N1CC[C@]2(C1)C[C@@H](NCCC[C@@H](C)NNC)C2. The molecule has 1 saturated carbocycles. The van der Waals surface area contributed by atoms with E-state index in [-0.39, 0.29) is 6.09 Å². The average molecular weight is 312 g/mol. The maximum absolute atomic E-state index is 11.8. The van der Waals surface area contributed by atoms with Gasteiger partial charge in [0.1, 0.15) is 0 Å². The Morgan fingerprint density at radius 2 is 2.23 bits per heavy atom. The lowest BCUT2D eigenvalue weighted by Crippen LogP contribution is -2.50. The summed E-state index contributed by atoms with van der Waals surface area (Å²) in [5, 5.41) is 3.65. The van der Waals surface area contributed by atoms with E-state index in [2.05, 4.69) is 23.1 Å². The van der Waals surface area contributed by atoms with Crippen molar-refractivity contribution in [3.63, 3.8) is 0 Å². The third-order valence-corrected chi connectivity index (χ3v) is 4.96. The maximum Gasteiger partial charge on any atom is 0.409 e. The maximum atomic E-state index is 11.8. The fourth-order valence-corrected chi connectivity index (χ4v) is 3.80. The van der Waals surface area contributed by atoms with Gasteiger partial charge in [0.2, 0.25) is 0 Å². The van der Waals surface area contributed by atoms with E-state index in [0.29, 0.717) is 24.1 Å². The number of hydrazine groups is 1. The molecule has 128 valence electrons. The van der Waals surface area contributed by atoms with E-state index in [4.69, 9.17) is 4.74 Å². The molecule has 6 heteroatoms. The highest BCUT2D eigenvalue weighted by molar-refractivity contribution is 5.68. The molecule has 1 heterocycles. The minimum Gasteiger partial charge on any atom is -0.450 e. The van der Waals surface area contributed by atoms with Gasteiger partial charge in [-0.05, 0) is 65.0 Å². The zero-order valence-corrected chi connectivity index (χ0v) is 14.3. The molecule has 1 aliphatic heterocycles. The molecule has 3 N–H and O–H groups in total. The molecule has 0 aromatic heterocycles. The molecule has 1 aliphatic carbocycles. The van der Waals surface area contributed by atoms with Crippen LogP contribution in [0.2, 0.25) is 0 Å². The normalized spacial score (nSPS) is 28.7. The van der Waals surface area contributed by atoms with Crippen molar-refractivity contribution < 1.29 is 9.53 Å². The lowest BCUT2D eigenvalue weighted by atomic mass is 9.65. The van der Waals surface area contributed by atoms with Crippen LogP contribution in [0.3, 0.4) is 0 Å². The van der Waals surface area contributed by atoms with Gasteiger partial charge in [-0.2, -0.15) is 0 Å². The summed E-state index contributed by atoms with van der Waals surface area (Å²) in [6.45, 7) is 7.34. The summed E-state index contributed by atoms with van der Waals surface area (Å²) in [5.41, 5.74) is 6.55. The second-order valence-electron chi connectivity index (χ2n) is 6.87. The van der Waals surface area contributed by atoms with Gasteiger partial charge in [-0.1, -0.05) is 0 Å². The Kier molecular flexibility index (Phi) is 6.47. The molecule has 0 bridgehead atoms. The standard InChI is InChI=1S/C16H32N4O2/c1-4-22-15(21)20-9-7-16(12-20)10-14(11-16)18-8-5-6-13(2)19-17-3/h13-14,17-19H,4-12H2,1-3H3/t13-,14-,16+/m1/s1. The molecule has 0 aromatic rings. The van der Waals surface area contributed by atoms with E-state index >= 15 is 0 Å². The van der Waals surface area contributed by atoms with Crippen LogP contribution < -0.4 is 16.2 Å². The lowest BCUT2D eigenvalue weighted by Gasteiger charge is -2.45. The van der Waals surface area contributed by atoms with Crippen molar-refractivity contribution in [1.29, 1.82) is 0 Å². The summed E-state index contributed by atoms with van der Waals surface area (Å²) in [4.78, 5) is 13.6. The van der Waals surface area contributed by atoms with Crippen LogP contribution in [0, 0.1) is 5.41 Å². The van der Waals surface area contributed by atoms with Gasteiger partial charge in [0, 0.05) is 25.2 Å². The minimum atomic E-state index is -0.137. The minimum absolute atomic E-state index is 0.137. The number of nitrogens with zero attached hydrogens (tertiary/aromatic N) is 1. The predicted molar refractivity (Wildman–Crippen MR) is 87.6 cm³/mol. The molecule has 0 aromatic carbocycles. The molecule has 1 spiro atoms. The van der Waals surface area contributed by atoms with Crippen molar-refractivity contribution in [1.82, 2.24) is 21.1 Å². The highest BCUT2D eigenvalue weighted by Gasteiger charge is 2.49. The summed E-state index contributed by atoms with van der Waals surface area (Å²) in [7, 11) is 1.91. The van der Waals surface area contributed by atoms with Crippen LogP contribution in [-0.2, 0) is 4.74 Å². The molecule has 2 aliphatic rings. The van der Waals surface area contributed by atoms with Gasteiger partial charge >= 0.3 is 6.09 Å². The number of ether oxygens (including phenoxy) is 1. The second-order valence-corrected chi connectivity index (χ2v) is 6.87. The van der Waals surface area contributed by atoms with Crippen LogP contribution in [0.5, 0.6) is 0 Å². The molecule has 1 amide bonds. The van der Waals surface area contributed by atoms with Crippen molar-refractivity contribution in [2.45, 2.75) is 58.0 Å². The number of hydrogen-bond acceptors (Lipinski definition) is 5. The average Bonchev–Trinajstić information content (AvgIpc) is 2.89. The second kappa shape index (κ2) is 8.13. The molecule has 2 fully saturated rings. The van der Waals surface area contributed by atoms with Gasteiger partial charge < -0.3 is 15.0 Å². The third kappa shape index (κ3) is 4.57. The summed E-state index contributed by atoms with van der Waals surface area (Å²) in [5.74, 6) is 0. The Hall–Kier alpha value is -0.850. The first-order valence-corrected chi connectivity index (χ1v) is 8.66. The topological polar surface area (TPSA) is 65.6 Å². The summed E-state index contributed by atoms with van der Waals surface area (Å²) < 4.78 is 5.10. The number of hydrogen-bond donors (Lipinski definition) is 3. The number of rotatable bonds is 8. The fraction of sp³-hybridized carbons (Fsp3) is 0.938. The van der Waals surface area contributed by atoms with E-state index in [0.717, 1.165) is 26.1 Å². The lowest BCUT2D eigenvalue weighted by molar-refractivity contribution is 0.0765. The van der Waals surface area contributed by atoms with Crippen LogP contribution in [0.25, 0.3) is 0 Å². The molecule has 2 rings (SSSR count). The molecule has 1 saturated heterocycles. The Morgan fingerprint density at radius 3 is 2.91 bits per heavy atom. The fourth-order valence-electron chi connectivity index (χ4n) is 3.80. The zero-order valence-electron chi connectivity index (χ0n) is 14.3. The molecule has 6 nitrogen and oxygen atoms in total. The first-order chi connectivity index (χ1) is 10.6. The molecule has 0 radical (unpaired) electrons. The summed E-state index contributed by atoms with van der Waals surface area (Å²) >= 11 is 0. The number of amides is 1. The molecule has 0 unspecified atom stereocenters. The summed E-state index contributed by atoms with van der Waals surface area (Å²) in [6, 6.07) is 1.14. The smallest absolute Gasteiger partial charge is 0.409 e.